The lowest BCUT2D eigenvalue weighted by atomic mass is 10.1. The maximum atomic E-state index is 12.6. The van der Waals surface area contributed by atoms with Gasteiger partial charge in [-0.05, 0) is 66.2 Å². The van der Waals surface area contributed by atoms with Gasteiger partial charge in [0.05, 0.1) is 25.5 Å². The lowest BCUT2D eigenvalue weighted by Crippen LogP contribution is -2.12. The molecule has 0 aliphatic rings. The molecule has 0 unspecified atom stereocenters. The van der Waals surface area contributed by atoms with Crippen molar-refractivity contribution in [1.82, 2.24) is 10.1 Å². The molecule has 1 N–H and O–H groups in total. The molecule has 0 spiro atoms. The van der Waals surface area contributed by atoms with E-state index in [1.807, 2.05) is 24.3 Å². The van der Waals surface area contributed by atoms with Crippen molar-refractivity contribution in [1.29, 1.82) is 0 Å². The monoisotopic (exact) mass is 451 g/mol. The van der Waals surface area contributed by atoms with Crippen molar-refractivity contribution in [3.05, 3.63) is 84.3 Å². The topological polar surface area (TPSA) is 104 Å². The Morgan fingerprint density at radius 2 is 1.62 bits per heavy atom. The Morgan fingerprint density at radius 1 is 0.906 bits per heavy atom. The summed E-state index contributed by atoms with van der Waals surface area (Å²) in [4.78, 5) is 4.57. The standard InChI is InChI=1S/C23H21N3O5S/c1-29-19-10-12-21(13-11-19)32(27,28)26-18-8-6-17(7-9-18)23-24-22(31-25-23)15-16-4-3-5-20(14-16)30-2/h3-14,26H,15H2,1-2H3. The van der Waals surface area contributed by atoms with E-state index in [0.29, 0.717) is 35.1 Å². The highest BCUT2D eigenvalue weighted by atomic mass is 32.2. The highest BCUT2D eigenvalue weighted by Crippen LogP contribution is 2.23. The first-order chi connectivity index (χ1) is 15.5. The summed E-state index contributed by atoms with van der Waals surface area (Å²) in [5, 5.41) is 4.03. The molecule has 0 bridgehead atoms. The van der Waals surface area contributed by atoms with Gasteiger partial charge < -0.3 is 14.0 Å². The Hall–Kier alpha value is -3.85. The van der Waals surface area contributed by atoms with Crippen LogP contribution in [0.4, 0.5) is 5.69 Å². The Bertz CT molecular complexity index is 1300. The zero-order valence-corrected chi connectivity index (χ0v) is 18.3. The van der Waals surface area contributed by atoms with Crippen molar-refractivity contribution >= 4 is 15.7 Å². The maximum Gasteiger partial charge on any atom is 0.261 e. The summed E-state index contributed by atoms with van der Waals surface area (Å²) >= 11 is 0. The van der Waals surface area contributed by atoms with E-state index in [4.69, 9.17) is 14.0 Å². The molecule has 0 saturated heterocycles. The lowest BCUT2D eigenvalue weighted by Gasteiger charge is -2.09. The molecule has 0 aliphatic heterocycles. The van der Waals surface area contributed by atoms with Crippen molar-refractivity contribution in [2.45, 2.75) is 11.3 Å². The van der Waals surface area contributed by atoms with E-state index in [9.17, 15) is 8.42 Å². The van der Waals surface area contributed by atoms with Crippen LogP contribution in [-0.4, -0.2) is 32.8 Å². The first-order valence-electron chi connectivity index (χ1n) is 9.70. The predicted molar refractivity (Wildman–Crippen MR) is 119 cm³/mol. The average Bonchev–Trinajstić information content (AvgIpc) is 3.28. The molecule has 0 amide bonds. The molecule has 9 heteroatoms. The summed E-state index contributed by atoms with van der Waals surface area (Å²) in [5.74, 6) is 2.24. The second-order valence-electron chi connectivity index (χ2n) is 6.90. The van der Waals surface area contributed by atoms with Gasteiger partial charge in [-0.1, -0.05) is 17.3 Å². The highest BCUT2D eigenvalue weighted by Gasteiger charge is 2.15. The Labute approximate surface area is 185 Å². The fourth-order valence-electron chi connectivity index (χ4n) is 3.06. The average molecular weight is 452 g/mol. The molecule has 32 heavy (non-hydrogen) atoms. The van der Waals surface area contributed by atoms with Crippen molar-refractivity contribution in [2.75, 3.05) is 18.9 Å². The summed E-state index contributed by atoms with van der Waals surface area (Å²) < 4.78 is 43.4. The number of ether oxygens (including phenoxy) is 2. The van der Waals surface area contributed by atoms with Crippen molar-refractivity contribution < 1.29 is 22.4 Å². The Balaban J connectivity index is 1.45. The smallest absolute Gasteiger partial charge is 0.261 e. The molecule has 0 aliphatic carbocycles. The molecule has 164 valence electrons. The van der Waals surface area contributed by atoms with Gasteiger partial charge in [-0.2, -0.15) is 4.98 Å². The third-order valence-electron chi connectivity index (χ3n) is 4.72. The molecule has 8 nitrogen and oxygen atoms in total. The van der Waals surface area contributed by atoms with Crippen LogP contribution in [-0.2, 0) is 16.4 Å². The van der Waals surface area contributed by atoms with E-state index in [2.05, 4.69) is 14.9 Å². The minimum Gasteiger partial charge on any atom is -0.497 e. The van der Waals surface area contributed by atoms with Crippen LogP contribution in [0.15, 0.2) is 82.2 Å². The normalized spacial score (nSPS) is 11.2. The number of rotatable bonds is 8. The molecular weight excluding hydrogens is 430 g/mol. The number of benzene rings is 3. The molecule has 4 rings (SSSR count). The SMILES string of the molecule is COc1ccc(S(=O)(=O)Nc2ccc(-c3noc(Cc4cccc(OC)c4)n3)cc2)cc1. The van der Waals surface area contributed by atoms with Gasteiger partial charge in [0.1, 0.15) is 11.5 Å². The van der Waals surface area contributed by atoms with E-state index >= 15 is 0 Å². The molecular formula is C23H21N3O5S. The van der Waals surface area contributed by atoms with Crippen LogP contribution < -0.4 is 14.2 Å². The first kappa shape index (κ1) is 21.4. The number of nitrogens with one attached hydrogen (secondary N) is 1. The van der Waals surface area contributed by atoms with Gasteiger partial charge in [-0.15, -0.1) is 0 Å². The predicted octanol–water partition coefficient (Wildman–Crippen LogP) is 4.15. The summed E-state index contributed by atoms with van der Waals surface area (Å²) in [6.07, 6.45) is 0.476. The Kier molecular flexibility index (Phi) is 6.09. The molecule has 0 atom stereocenters. The zero-order chi connectivity index (χ0) is 22.6. The number of aromatic nitrogens is 2. The highest BCUT2D eigenvalue weighted by molar-refractivity contribution is 7.92. The number of nitrogens with zero attached hydrogens (tertiary/aromatic N) is 2. The summed E-state index contributed by atoms with van der Waals surface area (Å²) in [7, 11) is -0.579. The van der Waals surface area contributed by atoms with Crippen molar-refractivity contribution in [3.63, 3.8) is 0 Å². The Morgan fingerprint density at radius 3 is 2.31 bits per heavy atom. The van der Waals surface area contributed by atoms with Gasteiger partial charge in [0.15, 0.2) is 0 Å². The van der Waals surface area contributed by atoms with Crippen LogP contribution in [0.1, 0.15) is 11.5 Å². The number of anilines is 1. The minimum atomic E-state index is -3.72. The number of methoxy groups -OCH3 is 2. The van der Waals surface area contributed by atoms with Gasteiger partial charge in [0, 0.05) is 11.3 Å². The van der Waals surface area contributed by atoms with E-state index < -0.39 is 10.0 Å². The van der Waals surface area contributed by atoms with Crippen molar-refractivity contribution in [2.24, 2.45) is 0 Å². The van der Waals surface area contributed by atoms with E-state index in [0.717, 1.165) is 11.3 Å². The fraction of sp³-hybridized carbons (Fsp3) is 0.130. The van der Waals surface area contributed by atoms with Crippen LogP contribution in [0.25, 0.3) is 11.4 Å². The summed E-state index contributed by atoms with van der Waals surface area (Å²) in [6.45, 7) is 0. The van der Waals surface area contributed by atoms with Gasteiger partial charge >= 0.3 is 0 Å². The number of hydrogen-bond donors (Lipinski definition) is 1. The molecule has 4 aromatic rings. The summed E-state index contributed by atoms with van der Waals surface area (Å²) in [6, 6.07) is 20.5. The number of sulfonamides is 1. The molecule has 0 fully saturated rings. The van der Waals surface area contributed by atoms with Crippen molar-refractivity contribution in [3.8, 4) is 22.9 Å². The van der Waals surface area contributed by atoms with Gasteiger partial charge in [-0.25, -0.2) is 8.42 Å². The first-order valence-corrected chi connectivity index (χ1v) is 11.2. The second kappa shape index (κ2) is 9.11. The minimum absolute atomic E-state index is 0.141. The van der Waals surface area contributed by atoms with Gasteiger partial charge in [-0.3, -0.25) is 4.72 Å². The maximum absolute atomic E-state index is 12.6. The molecule has 1 aromatic heterocycles. The zero-order valence-electron chi connectivity index (χ0n) is 17.5. The third-order valence-corrected chi connectivity index (χ3v) is 6.12. The largest absolute Gasteiger partial charge is 0.497 e. The van der Waals surface area contributed by atoms with Crippen LogP contribution in [0.5, 0.6) is 11.5 Å². The van der Waals surface area contributed by atoms with E-state index in [1.165, 1.54) is 19.2 Å². The second-order valence-corrected chi connectivity index (χ2v) is 8.58. The molecule has 0 saturated carbocycles. The third kappa shape index (κ3) is 4.89. The van der Waals surface area contributed by atoms with E-state index in [1.54, 1.807) is 43.5 Å². The van der Waals surface area contributed by atoms with Gasteiger partial charge in [0.2, 0.25) is 11.7 Å². The fourth-order valence-corrected chi connectivity index (χ4v) is 4.12. The molecule has 1 heterocycles. The molecule has 3 aromatic carbocycles. The number of hydrogen-bond acceptors (Lipinski definition) is 7. The molecule has 0 radical (unpaired) electrons. The van der Waals surface area contributed by atoms with E-state index in [-0.39, 0.29) is 4.90 Å². The van der Waals surface area contributed by atoms with Crippen LogP contribution in [0, 0.1) is 0 Å². The lowest BCUT2D eigenvalue weighted by molar-refractivity contribution is 0.385. The van der Waals surface area contributed by atoms with Gasteiger partial charge in [0.25, 0.3) is 10.0 Å². The summed E-state index contributed by atoms with van der Waals surface area (Å²) in [5.41, 5.74) is 2.12. The quantitative estimate of drug-likeness (QED) is 0.429. The van der Waals surface area contributed by atoms with Crippen LogP contribution >= 0.6 is 0 Å². The van der Waals surface area contributed by atoms with Crippen LogP contribution in [0.2, 0.25) is 0 Å². The van der Waals surface area contributed by atoms with Crippen LogP contribution in [0.3, 0.4) is 0 Å².